The summed E-state index contributed by atoms with van der Waals surface area (Å²) in [7, 11) is 0. The zero-order valence-electron chi connectivity index (χ0n) is 10.7. The number of imidazole rings is 1. The van der Waals surface area contributed by atoms with E-state index in [1.165, 1.54) is 19.3 Å². The Kier molecular flexibility index (Phi) is 2.24. The third kappa shape index (κ3) is 1.75. The second-order valence-electron chi connectivity index (χ2n) is 5.36. The molecule has 1 saturated carbocycles. The van der Waals surface area contributed by atoms with Gasteiger partial charge in [0.25, 0.3) is 0 Å². The maximum atomic E-state index is 6.08. The standard InChI is InChI=1S/C15H16N4/c16-15-18-13-9-17-12-4-2-1-3-11(12)14(13)19(15)8-7-10-5-6-10/h1-4,9-10H,5-8H2,(H2,16,18). The normalized spacial score (nSPS) is 15.4. The van der Waals surface area contributed by atoms with Crippen molar-refractivity contribution in [2.75, 3.05) is 5.73 Å². The molecule has 4 nitrogen and oxygen atoms in total. The summed E-state index contributed by atoms with van der Waals surface area (Å²) in [6.45, 7) is 0.959. The van der Waals surface area contributed by atoms with Crippen molar-refractivity contribution in [1.82, 2.24) is 14.5 Å². The monoisotopic (exact) mass is 252 g/mol. The predicted octanol–water partition coefficient (Wildman–Crippen LogP) is 2.97. The zero-order valence-corrected chi connectivity index (χ0v) is 10.7. The zero-order chi connectivity index (χ0) is 12.8. The highest BCUT2D eigenvalue weighted by Gasteiger charge is 2.22. The van der Waals surface area contributed by atoms with E-state index in [0.717, 1.165) is 34.4 Å². The third-order valence-corrected chi connectivity index (χ3v) is 3.97. The van der Waals surface area contributed by atoms with E-state index in [9.17, 15) is 0 Å². The van der Waals surface area contributed by atoms with Gasteiger partial charge in [0.1, 0.15) is 5.52 Å². The van der Waals surface area contributed by atoms with E-state index in [4.69, 9.17) is 5.73 Å². The van der Waals surface area contributed by atoms with Gasteiger partial charge in [0.05, 0.1) is 17.2 Å². The molecular formula is C15H16N4. The molecule has 19 heavy (non-hydrogen) atoms. The quantitative estimate of drug-likeness (QED) is 0.779. The lowest BCUT2D eigenvalue weighted by atomic mass is 10.2. The second-order valence-corrected chi connectivity index (χ2v) is 5.36. The molecule has 1 aliphatic rings. The van der Waals surface area contributed by atoms with Crippen LogP contribution in [0, 0.1) is 5.92 Å². The van der Waals surface area contributed by atoms with Crippen LogP contribution in [0.15, 0.2) is 30.5 Å². The van der Waals surface area contributed by atoms with E-state index in [2.05, 4.69) is 20.6 Å². The molecule has 0 spiro atoms. The molecule has 1 fully saturated rings. The lowest BCUT2D eigenvalue weighted by Gasteiger charge is -2.07. The van der Waals surface area contributed by atoms with Gasteiger partial charge in [-0.25, -0.2) is 4.98 Å². The molecule has 1 aliphatic carbocycles. The lowest BCUT2D eigenvalue weighted by Crippen LogP contribution is -2.04. The Labute approximate surface area is 111 Å². The van der Waals surface area contributed by atoms with Gasteiger partial charge in [-0.05, 0) is 18.4 Å². The molecule has 4 rings (SSSR count). The number of para-hydroxylation sites is 1. The number of fused-ring (bicyclic) bond motifs is 3. The lowest BCUT2D eigenvalue weighted by molar-refractivity contribution is 0.614. The van der Waals surface area contributed by atoms with Gasteiger partial charge in [-0.3, -0.25) is 4.98 Å². The molecule has 0 saturated heterocycles. The van der Waals surface area contributed by atoms with Crippen molar-refractivity contribution < 1.29 is 0 Å². The molecule has 0 aliphatic heterocycles. The number of nitrogen functional groups attached to an aromatic ring is 1. The van der Waals surface area contributed by atoms with Crippen LogP contribution in [-0.2, 0) is 6.54 Å². The summed E-state index contributed by atoms with van der Waals surface area (Å²) in [5.74, 6) is 1.50. The summed E-state index contributed by atoms with van der Waals surface area (Å²) in [4.78, 5) is 8.88. The average molecular weight is 252 g/mol. The van der Waals surface area contributed by atoms with Crippen molar-refractivity contribution in [3.63, 3.8) is 0 Å². The summed E-state index contributed by atoms with van der Waals surface area (Å²) < 4.78 is 2.15. The largest absolute Gasteiger partial charge is 0.369 e. The minimum Gasteiger partial charge on any atom is -0.369 e. The first kappa shape index (κ1) is 10.8. The number of rotatable bonds is 3. The van der Waals surface area contributed by atoms with Gasteiger partial charge in [0.15, 0.2) is 0 Å². The van der Waals surface area contributed by atoms with Gasteiger partial charge >= 0.3 is 0 Å². The number of hydrogen-bond donors (Lipinski definition) is 1. The van der Waals surface area contributed by atoms with Crippen molar-refractivity contribution in [2.24, 2.45) is 5.92 Å². The van der Waals surface area contributed by atoms with Crippen LogP contribution < -0.4 is 5.73 Å². The minimum absolute atomic E-state index is 0.605. The number of aryl methyl sites for hydroxylation is 1. The SMILES string of the molecule is Nc1nc2cnc3ccccc3c2n1CCC1CC1. The molecule has 0 bridgehead atoms. The molecule has 0 amide bonds. The van der Waals surface area contributed by atoms with Crippen LogP contribution in [0.5, 0.6) is 0 Å². The smallest absolute Gasteiger partial charge is 0.201 e. The van der Waals surface area contributed by atoms with Crippen LogP contribution in [0.1, 0.15) is 19.3 Å². The van der Waals surface area contributed by atoms with Crippen molar-refractivity contribution >= 4 is 27.9 Å². The maximum Gasteiger partial charge on any atom is 0.201 e. The van der Waals surface area contributed by atoms with Crippen LogP contribution in [-0.4, -0.2) is 14.5 Å². The Morgan fingerprint density at radius 1 is 1.21 bits per heavy atom. The molecular weight excluding hydrogens is 236 g/mol. The number of benzene rings is 1. The van der Waals surface area contributed by atoms with Gasteiger partial charge in [0, 0.05) is 11.9 Å². The summed E-state index contributed by atoms with van der Waals surface area (Å²) in [5, 5.41) is 1.14. The fraction of sp³-hybridized carbons (Fsp3) is 0.333. The molecule has 2 heterocycles. The Bertz CT molecular complexity index is 755. The van der Waals surface area contributed by atoms with E-state index in [1.807, 2.05) is 24.4 Å². The first-order valence-corrected chi connectivity index (χ1v) is 6.82. The fourth-order valence-electron chi connectivity index (χ4n) is 2.72. The number of anilines is 1. The Morgan fingerprint density at radius 3 is 2.89 bits per heavy atom. The van der Waals surface area contributed by atoms with Crippen molar-refractivity contribution in [3.8, 4) is 0 Å². The van der Waals surface area contributed by atoms with Crippen molar-refractivity contribution in [1.29, 1.82) is 0 Å². The highest BCUT2D eigenvalue weighted by Crippen LogP contribution is 2.34. The molecule has 96 valence electrons. The fourth-order valence-corrected chi connectivity index (χ4v) is 2.72. The summed E-state index contributed by atoms with van der Waals surface area (Å²) in [5.41, 5.74) is 9.10. The summed E-state index contributed by atoms with van der Waals surface area (Å²) in [6.07, 6.45) is 5.76. The van der Waals surface area contributed by atoms with Gasteiger partial charge in [-0.2, -0.15) is 0 Å². The van der Waals surface area contributed by atoms with E-state index in [-0.39, 0.29) is 0 Å². The summed E-state index contributed by atoms with van der Waals surface area (Å²) >= 11 is 0. The maximum absolute atomic E-state index is 6.08. The highest BCUT2D eigenvalue weighted by molar-refractivity contribution is 6.02. The third-order valence-electron chi connectivity index (χ3n) is 3.97. The topological polar surface area (TPSA) is 56.7 Å². The van der Waals surface area contributed by atoms with Gasteiger partial charge in [0.2, 0.25) is 5.95 Å². The Morgan fingerprint density at radius 2 is 2.05 bits per heavy atom. The Balaban J connectivity index is 1.93. The predicted molar refractivity (Wildman–Crippen MR) is 76.8 cm³/mol. The van der Waals surface area contributed by atoms with Gasteiger partial charge < -0.3 is 10.3 Å². The van der Waals surface area contributed by atoms with Crippen molar-refractivity contribution in [2.45, 2.75) is 25.8 Å². The van der Waals surface area contributed by atoms with Crippen LogP contribution in [0.25, 0.3) is 21.9 Å². The first-order valence-electron chi connectivity index (χ1n) is 6.82. The number of aromatic nitrogens is 3. The molecule has 2 aromatic heterocycles. The highest BCUT2D eigenvalue weighted by atomic mass is 15.2. The van der Waals surface area contributed by atoms with E-state index in [0.29, 0.717) is 5.95 Å². The molecule has 0 radical (unpaired) electrons. The van der Waals surface area contributed by atoms with Gasteiger partial charge in [-0.15, -0.1) is 0 Å². The number of nitrogens with zero attached hydrogens (tertiary/aromatic N) is 3. The number of pyridine rings is 1. The van der Waals surface area contributed by atoms with Crippen molar-refractivity contribution in [3.05, 3.63) is 30.5 Å². The average Bonchev–Trinajstić information content (AvgIpc) is 3.19. The minimum atomic E-state index is 0.605. The van der Waals surface area contributed by atoms with E-state index >= 15 is 0 Å². The van der Waals surface area contributed by atoms with E-state index < -0.39 is 0 Å². The molecule has 0 atom stereocenters. The Hall–Kier alpha value is -2.10. The van der Waals surface area contributed by atoms with Crippen LogP contribution in [0.2, 0.25) is 0 Å². The first-order chi connectivity index (χ1) is 9.33. The molecule has 2 N–H and O–H groups in total. The summed E-state index contributed by atoms with van der Waals surface area (Å²) in [6, 6.07) is 8.18. The van der Waals surface area contributed by atoms with Gasteiger partial charge in [-0.1, -0.05) is 31.0 Å². The van der Waals surface area contributed by atoms with Crippen LogP contribution >= 0.6 is 0 Å². The molecule has 0 unspecified atom stereocenters. The molecule has 3 aromatic rings. The second kappa shape index (κ2) is 3.95. The number of hydrogen-bond acceptors (Lipinski definition) is 3. The van der Waals surface area contributed by atoms with Crippen LogP contribution in [0.3, 0.4) is 0 Å². The molecule has 4 heteroatoms. The molecule has 1 aromatic carbocycles. The van der Waals surface area contributed by atoms with Crippen LogP contribution in [0.4, 0.5) is 5.95 Å². The number of nitrogens with two attached hydrogens (primary N) is 1. The van der Waals surface area contributed by atoms with E-state index in [1.54, 1.807) is 0 Å².